The Morgan fingerprint density at radius 2 is 2.04 bits per heavy atom. The summed E-state index contributed by atoms with van der Waals surface area (Å²) in [7, 11) is 0. The van der Waals surface area contributed by atoms with Gasteiger partial charge in [0, 0.05) is 11.9 Å². The van der Waals surface area contributed by atoms with Crippen molar-refractivity contribution in [2.75, 3.05) is 0 Å². The maximum absolute atomic E-state index is 11.4. The van der Waals surface area contributed by atoms with Crippen LogP contribution in [0.15, 0.2) is 47.9 Å². The summed E-state index contributed by atoms with van der Waals surface area (Å²) in [6.45, 7) is 3.71. The average molecular weight is 327 g/mol. The van der Waals surface area contributed by atoms with Gasteiger partial charge in [0.1, 0.15) is 6.04 Å². The monoisotopic (exact) mass is 327 g/mol. The van der Waals surface area contributed by atoms with Gasteiger partial charge in [-0.05, 0) is 25.5 Å². The van der Waals surface area contributed by atoms with E-state index in [-0.39, 0.29) is 0 Å². The first kappa shape index (κ1) is 15.6. The van der Waals surface area contributed by atoms with Crippen LogP contribution in [0.2, 0.25) is 0 Å². The molecule has 1 N–H and O–H groups in total. The van der Waals surface area contributed by atoms with Gasteiger partial charge in [0.25, 0.3) is 0 Å². The Balaban J connectivity index is 1.94. The van der Waals surface area contributed by atoms with Crippen LogP contribution >= 0.6 is 11.8 Å². The third-order valence-electron chi connectivity index (χ3n) is 3.69. The summed E-state index contributed by atoms with van der Waals surface area (Å²) in [5, 5.41) is 10.1. The number of thioether (sulfide) groups is 1. The maximum atomic E-state index is 11.4. The number of hydrogen-bond acceptors (Lipinski definition) is 4. The number of carboxylic acid groups (broad SMARTS) is 1. The zero-order valence-corrected chi connectivity index (χ0v) is 13.7. The van der Waals surface area contributed by atoms with Crippen molar-refractivity contribution < 1.29 is 9.90 Å². The molecule has 1 unspecified atom stereocenters. The second-order valence-electron chi connectivity index (χ2n) is 5.42. The molecule has 2 heterocycles. The fraction of sp³-hybridized carbons (Fsp3) is 0.235. The van der Waals surface area contributed by atoms with Crippen molar-refractivity contribution in [2.24, 2.45) is 0 Å². The summed E-state index contributed by atoms with van der Waals surface area (Å²) in [5.74, 6) is -0.144. The van der Waals surface area contributed by atoms with E-state index in [1.54, 1.807) is 30.0 Å². The standard InChI is InChI=1S/C17H17N3O2S/c1-11-3-5-13(6-4-11)10-23-17-19-14-7-8-18-9-15(14)20(17)12(2)16(21)22/h3-9,12H,10H2,1-2H3,(H,21,22). The van der Waals surface area contributed by atoms with Gasteiger partial charge in [0.15, 0.2) is 5.16 Å². The van der Waals surface area contributed by atoms with E-state index in [1.807, 2.05) is 0 Å². The number of carbonyl (C=O) groups is 1. The molecule has 0 radical (unpaired) electrons. The van der Waals surface area contributed by atoms with Crippen LogP contribution < -0.4 is 0 Å². The van der Waals surface area contributed by atoms with E-state index in [0.717, 1.165) is 16.8 Å². The van der Waals surface area contributed by atoms with Crippen molar-refractivity contribution >= 4 is 28.8 Å². The normalized spacial score (nSPS) is 12.4. The van der Waals surface area contributed by atoms with E-state index >= 15 is 0 Å². The Morgan fingerprint density at radius 3 is 2.74 bits per heavy atom. The highest BCUT2D eigenvalue weighted by molar-refractivity contribution is 7.98. The largest absolute Gasteiger partial charge is 0.480 e. The van der Waals surface area contributed by atoms with E-state index in [0.29, 0.717) is 5.16 Å². The van der Waals surface area contributed by atoms with Crippen LogP contribution in [0.4, 0.5) is 0 Å². The minimum Gasteiger partial charge on any atom is -0.480 e. The molecule has 3 rings (SSSR count). The molecule has 3 aromatic rings. The van der Waals surface area contributed by atoms with Gasteiger partial charge in [-0.3, -0.25) is 4.98 Å². The molecule has 0 saturated carbocycles. The smallest absolute Gasteiger partial charge is 0.326 e. The summed E-state index contributed by atoms with van der Waals surface area (Å²) in [6.07, 6.45) is 3.33. The second-order valence-corrected chi connectivity index (χ2v) is 6.36. The lowest BCUT2D eigenvalue weighted by Gasteiger charge is -2.13. The number of aromatic nitrogens is 3. The molecular formula is C17H17N3O2S. The Hall–Kier alpha value is -2.34. The van der Waals surface area contributed by atoms with Crippen molar-refractivity contribution in [3.05, 3.63) is 53.9 Å². The number of pyridine rings is 1. The molecule has 0 saturated heterocycles. The Kier molecular flexibility index (Phi) is 4.34. The minimum absolute atomic E-state index is 0.690. The van der Waals surface area contributed by atoms with Gasteiger partial charge in [-0.2, -0.15) is 0 Å². The molecule has 0 bridgehead atoms. The Bertz CT molecular complexity index is 843. The van der Waals surface area contributed by atoms with Crippen molar-refractivity contribution in [1.82, 2.24) is 14.5 Å². The van der Waals surface area contributed by atoms with E-state index < -0.39 is 12.0 Å². The zero-order valence-electron chi connectivity index (χ0n) is 12.9. The highest BCUT2D eigenvalue weighted by Gasteiger charge is 2.21. The highest BCUT2D eigenvalue weighted by atomic mass is 32.2. The molecule has 118 valence electrons. The van der Waals surface area contributed by atoms with Gasteiger partial charge in [0.2, 0.25) is 0 Å². The van der Waals surface area contributed by atoms with Gasteiger partial charge in [-0.15, -0.1) is 0 Å². The van der Waals surface area contributed by atoms with Gasteiger partial charge in [-0.1, -0.05) is 41.6 Å². The number of imidazole rings is 1. The zero-order chi connectivity index (χ0) is 16.4. The first-order chi connectivity index (χ1) is 11.1. The Morgan fingerprint density at radius 1 is 1.30 bits per heavy atom. The van der Waals surface area contributed by atoms with Crippen LogP contribution in [0.3, 0.4) is 0 Å². The van der Waals surface area contributed by atoms with Crippen molar-refractivity contribution in [1.29, 1.82) is 0 Å². The first-order valence-electron chi connectivity index (χ1n) is 7.29. The minimum atomic E-state index is -0.884. The molecule has 1 aromatic carbocycles. The van der Waals surface area contributed by atoms with Crippen molar-refractivity contribution in [3.63, 3.8) is 0 Å². The van der Waals surface area contributed by atoms with Gasteiger partial charge >= 0.3 is 5.97 Å². The van der Waals surface area contributed by atoms with E-state index in [9.17, 15) is 9.90 Å². The predicted molar refractivity (Wildman–Crippen MR) is 90.6 cm³/mol. The molecule has 0 amide bonds. The number of aliphatic carboxylic acids is 1. The Labute approximate surface area is 138 Å². The lowest BCUT2D eigenvalue weighted by atomic mass is 10.2. The lowest BCUT2D eigenvalue weighted by Crippen LogP contribution is -2.16. The maximum Gasteiger partial charge on any atom is 0.326 e. The quantitative estimate of drug-likeness (QED) is 0.724. The van der Waals surface area contributed by atoms with Crippen LogP contribution in [0.25, 0.3) is 11.0 Å². The molecule has 1 atom stereocenters. The summed E-state index contributed by atoms with van der Waals surface area (Å²) >= 11 is 1.54. The van der Waals surface area contributed by atoms with E-state index in [1.165, 1.54) is 22.9 Å². The molecule has 5 nitrogen and oxygen atoms in total. The van der Waals surface area contributed by atoms with Crippen molar-refractivity contribution in [3.8, 4) is 0 Å². The molecule has 0 aliphatic heterocycles. The molecule has 23 heavy (non-hydrogen) atoms. The van der Waals surface area contributed by atoms with Gasteiger partial charge < -0.3 is 9.67 Å². The van der Waals surface area contributed by atoms with E-state index in [2.05, 4.69) is 41.2 Å². The van der Waals surface area contributed by atoms with Crippen LogP contribution in [0.5, 0.6) is 0 Å². The third kappa shape index (κ3) is 3.22. The third-order valence-corrected chi connectivity index (χ3v) is 4.72. The molecule has 6 heteroatoms. The molecular weight excluding hydrogens is 310 g/mol. The molecule has 2 aromatic heterocycles. The number of aryl methyl sites for hydroxylation is 1. The number of hydrogen-bond donors (Lipinski definition) is 1. The van der Waals surface area contributed by atoms with Crippen LogP contribution in [0, 0.1) is 6.92 Å². The van der Waals surface area contributed by atoms with E-state index in [4.69, 9.17) is 0 Å². The van der Waals surface area contributed by atoms with Crippen LogP contribution in [-0.2, 0) is 10.5 Å². The lowest BCUT2D eigenvalue weighted by molar-refractivity contribution is -0.140. The number of carboxylic acids is 1. The highest BCUT2D eigenvalue weighted by Crippen LogP contribution is 2.29. The molecule has 0 aliphatic rings. The number of benzene rings is 1. The summed E-state index contributed by atoms with van der Waals surface area (Å²) in [4.78, 5) is 20.1. The second kappa shape index (κ2) is 6.42. The average Bonchev–Trinajstić information content (AvgIpc) is 2.91. The topological polar surface area (TPSA) is 68.0 Å². The van der Waals surface area contributed by atoms with Crippen LogP contribution in [-0.4, -0.2) is 25.6 Å². The van der Waals surface area contributed by atoms with Crippen LogP contribution in [0.1, 0.15) is 24.1 Å². The summed E-state index contributed by atoms with van der Waals surface area (Å²) < 4.78 is 1.74. The fourth-order valence-electron chi connectivity index (χ4n) is 2.34. The number of nitrogens with zero attached hydrogens (tertiary/aromatic N) is 3. The summed E-state index contributed by atoms with van der Waals surface area (Å²) in [5.41, 5.74) is 3.91. The number of fused-ring (bicyclic) bond motifs is 1. The van der Waals surface area contributed by atoms with Crippen molar-refractivity contribution in [2.45, 2.75) is 30.8 Å². The van der Waals surface area contributed by atoms with Gasteiger partial charge in [0.05, 0.1) is 17.2 Å². The number of rotatable bonds is 5. The predicted octanol–water partition coefficient (Wildman–Crippen LogP) is 3.68. The fourth-order valence-corrected chi connectivity index (χ4v) is 3.38. The SMILES string of the molecule is Cc1ccc(CSc2nc3ccncc3n2C(C)C(=O)O)cc1. The summed E-state index contributed by atoms with van der Waals surface area (Å²) in [6, 6.07) is 9.42. The molecule has 0 spiro atoms. The molecule has 0 aliphatic carbocycles. The van der Waals surface area contributed by atoms with Gasteiger partial charge in [-0.25, -0.2) is 9.78 Å². The molecule has 0 fully saturated rings. The first-order valence-corrected chi connectivity index (χ1v) is 8.28.